The summed E-state index contributed by atoms with van der Waals surface area (Å²) in [7, 11) is 4.14. The van der Waals surface area contributed by atoms with Crippen LogP contribution in [0.2, 0.25) is 0 Å². The van der Waals surface area contributed by atoms with Crippen molar-refractivity contribution in [3.8, 4) is 17.2 Å². The zero-order chi connectivity index (χ0) is 27.1. The molecule has 0 saturated heterocycles. The van der Waals surface area contributed by atoms with Crippen molar-refractivity contribution < 1.29 is 32.3 Å². The van der Waals surface area contributed by atoms with Crippen molar-refractivity contribution in [2.45, 2.75) is 6.92 Å². The number of nitrogens with one attached hydrogen (secondary N) is 2. The monoisotopic (exact) mass is 533 g/mol. The Hall–Kier alpha value is -4.13. The number of esters is 1. The zero-order valence-corrected chi connectivity index (χ0v) is 22.1. The van der Waals surface area contributed by atoms with E-state index in [-0.39, 0.29) is 18.3 Å². The Morgan fingerprint density at radius 1 is 1.08 bits per heavy atom. The Bertz CT molecular complexity index is 1280. The highest BCUT2D eigenvalue weighted by Crippen LogP contribution is 2.40. The highest BCUT2D eigenvalue weighted by atomic mass is 32.2. The average Bonchev–Trinajstić information content (AvgIpc) is 2.88. The predicted molar refractivity (Wildman–Crippen MR) is 139 cm³/mol. The third kappa shape index (κ3) is 6.36. The van der Waals surface area contributed by atoms with E-state index < -0.39 is 22.8 Å². The van der Waals surface area contributed by atoms with Gasteiger partial charge in [0, 0.05) is 24.1 Å². The Balaban J connectivity index is 1.98. The molecule has 13 heteroatoms. The summed E-state index contributed by atoms with van der Waals surface area (Å²) >= 11 is 0. The largest absolute Gasteiger partial charge is 0.493 e. The summed E-state index contributed by atoms with van der Waals surface area (Å²) in [6, 6.07) is 8.49. The van der Waals surface area contributed by atoms with Crippen LogP contribution in [0.15, 0.2) is 36.5 Å². The van der Waals surface area contributed by atoms with E-state index >= 15 is 0 Å². The lowest BCUT2D eigenvalue weighted by Gasteiger charge is -2.25. The number of methoxy groups -OCH3 is 4. The standard InChI is InChI=1S/C24H28FN5O6S/c1-14-8-7-9-17(21(14)30(37(6)32)13-20(31)35-4)28-23-16(25)12-26-24(29-23)27-15-10-18(33-2)22(36-5)19(11-15)34-3/h7-12H,13H2,1-6H3,(H2,26,27,28,29). The average molecular weight is 534 g/mol. The first kappa shape index (κ1) is 27.5. The molecule has 0 amide bonds. The molecule has 0 bridgehead atoms. The molecule has 2 aromatic carbocycles. The first-order valence-electron chi connectivity index (χ1n) is 10.9. The number of rotatable bonds is 11. The molecule has 0 fully saturated rings. The number of aromatic nitrogens is 2. The second-order valence-electron chi connectivity index (χ2n) is 7.56. The normalized spacial score (nSPS) is 11.3. The van der Waals surface area contributed by atoms with Gasteiger partial charge in [0.05, 0.1) is 46.0 Å². The minimum absolute atomic E-state index is 0.0814. The van der Waals surface area contributed by atoms with Gasteiger partial charge in [-0.15, -0.1) is 0 Å². The lowest BCUT2D eigenvalue weighted by Crippen LogP contribution is -2.32. The minimum Gasteiger partial charge on any atom is -0.493 e. The number of anilines is 5. The van der Waals surface area contributed by atoms with E-state index in [1.807, 2.05) is 0 Å². The van der Waals surface area contributed by atoms with Crippen molar-refractivity contribution in [3.63, 3.8) is 0 Å². The van der Waals surface area contributed by atoms with Crippen molar-refractivity contribution in [2.24, 2.45) is 0 Å². The smallest absolute Gasteiger partial charge is 0.326 e. The number of para-hydroxylation sites is 1. The highest BCUT2D eigenvalue weighted by Gasteiger charge is 2.22. The van der Waals surface area contributed by atoms with E-state index in [2.05, 4.69) is 20.6 Å². The molecule has 1 aromatic heterocycles. The predicted octanol–water partition coefficient (Wildman–Crippen LogP) is 3.71. The Labute approximate surface area is 216 Å². The molecule has 11 nitrogen and oxygen atoms in total. The molecule has 0 aliphatic carbocycles. The van der Waals surface area contributed by atoms with Crippen molar-refractivity contribution in [2.75, 3.05) is 56.2 Å². The second-order valence-corrected chi connectivity index (χ2v) is 8.85. The van der Waals surface area contributed by atoms with Crippen LogP contribution in [-0.2, 0) is 20.5 Å². The summed E-state index contributed by atoms with van der Waals surface area (Å²) in [6.07, 6.45) is 2.44. The van der Waals surface area contributed by atoms with Gasteiger partial charge in [-0.25, -0.2) is 13.6 Å². The van der Waals surface area contributed by atoms with Crippen LogP contribution in [0.5, 0.6) is 17.2 Å². The second kappa shape index (κ2) is 12.2. The Morgan fingerprint density at radius 3 is 2.32 bits per heavy atom. The quantitative estimate of drug-likeness (QED) is 0.353. The summed E-state index contributed by atoms with van der Waals surface area (Å²) in [5.41, 5.74) is 2.03. The minimum atomic E-state index is -1.58. The maximum atomic E-state index is 14.8. The molecule has 1 atom stereocenters. The van der Waals surface area contributed by atoms with Crippen LogP contribution in [0, 0.1) is 12.7 Å². The molecule has 3 rings (SSSR count). The number of benzene rings is 2. The Morgan fingerprint density at radius 2 is 1.76 bits per heavy atom. The van der Waals surface area contributed by atoms with Gasteiger partial charge in [-0.1, -0.05) is 12.1 Å². The summed E-state index contributed by atoms with van der Waals surface area (Å²) in [5, 5.41) is 5.93. The van der Waals surface area contributed by atoms with Gasteiger partial charge < -0.3 is 29.6 Å². The van der Waals surface area contributed by atoms with Crippen LogP contribution in [0.4, 0.5) is 33.2 Å². The van der Waals surface area contributed by atoms with E-state index in [1.54, 1.807) is 37.3 Å². The van der Waals surface area contributed by atoms with Crippen LogP contribution >= 0.6 is 0 Å². The van der Waals surface area contributed by atoms with Gasteiger partial charge in [0.15, 0.2) is 23.1 Å². The van der Waals surface area contributed by atoms with Crippen LogP contribution < -0.4 is 29.1 Å². The number of carbonyl (C=O) groups excluding carboxylic acids is 1. The van der Waals surface area contributed by atoms with Gasteiger partial charge in [0.1, 0.15) is 17.5 Å². The molecular formula is C24H28FN5O6S. The SMILES string of the molecule is COC(=O)CN(c1c(C)cccc1Nc1nc(Nc2cc(OC)c(OC)c(OC)c2)ncc1F)S(C)=O. The fraction of sp³-hybridized carbons (Fsp3) is 0.292. The molecule has 0 saturated carbocycles. The van der Waals surface area contributed by atoms with Crippen LogP contribution in [0.3, 0.4) is 0 Å². The Kier molecular flexibility index (Phi) is 9.06. The number of hydrogen-bond donors (Lipinski definition) is 2. The third-order valence-electron chi connectivity index (χ3n) is 5.22. The lowest BCUT2D eigenvalue weighted by molar-refractivity contribution is -0.138. The summed E-state index contributed by atoms with van der Waals surface area (Å²) in [6.45, 7) is 1.52. The molecule has 1 heterocycles. The van der Waals surface area contributed by atoms with E-state index in [0.29, 0.717) is 39.9 Å². The third-order valence-corrected chi connectivity index (χ3v) is 6.15. The van der Waals surface area contributed by atoms with Gasteiger partial charge in [-0.2, -0.15) is 4.98 Å². The van der Waals surface area contributed by atoms with Crippen molar-refractivity contribution in [1.82, 2.24) is 9.97 Å². The summed E-state index contributed by atoms with van der Waals surface area (Å²) in [4.78, 5) is 20.2. The fourth-order valence-electron chi connectivity index (χ4n) is 3.50. The van der Waals surface area contributed by atoms with Gasteiger partial charge in [-0.05, 0) is 18.6 Å². The molecule has 0 spiro atoms. The van der Waals surface area contributed by atoms with Gasteiger partial charge in [0.2, 0.25) is 11.7 Å². The maximum Gasteiger partial charge on any atom is 0.326 e. The molecular weight excluding hydrogens is 505 g/mol. The highest BCUT2D eigenvalue weighted by molar-refractivity contribution is 7.85. The molecule has 3 aromatic rings. The first-order valence-corrected chi connectivity index (χ1v) is 12.4. The van der Waals surface area contributed by atoms with Crippen LogP contribution in [0.25, 0.3) is 0 Å². The molecule has 1 unspecified atom stereocenters. The van der Waals surface area contributed by atoms with Crippen molar-refractivity contribution >= 4 is 45.8 Å². The number of hydrogen-bond acceptors (Lipinski definition) is 10. The zero-order valence-electron chi connectivity index (χ0n) is 21.2. The molecule has 0 aliphatic rings. The van der Waals surface area contributed by atoms with Crippen molar-refractivity contribution in [1.29, 1.82) is 0 Å². The topological polar surface area (TPSA) is 124 Å². The molecule has 0 radical (unpaired) electrons. The number of carbonyl (C=O) groups is 1. The lowest BCUT2D eigenvalue weighted by atomic mass is 10.1. The van der Waals surface area contributed by atoms with Gasteiger partial charge in [-0.3, -0.25) is 9.10 Å². The van der Waals surface area contributed by atoms with E-state index in [0.717, 1.165) is 6.20 Å². The molecule has 198 valence electrons. The summed E-state index contributed by atoms with van der Waals surface area (Å²) < 4.78 is 49.4. The van der Waals surface area contributed by atoms with E-state index in [9.17, 15) is 13.4 Å². The van der Waals surface area contributed by atoms with Crippen molar-refractivity contribution in [3.05, 3.63) is 47.9 Å². The van der Waals surface area contributed by atoms with E-state index in [1.165, 1.54) is 39.0 Å². The number of aryl methyl sites for hydroxylation is 1. The maximum absolute atomic E-state index is 14.8. The molecule has 0 aliphatic heterocycles. The number of nitrogens with zero attached hydrogens (tertiary/aromatic N) is 3. The number of halogens is 1. The number of ether oxygens (including phenoxy) is 4. The first-order chi connectivity index (χ1) is 17.7. The van der Waals surface area contributed by atoms with Gasteiger partial charge in [0.25, 0.3) is 0 Å². The molecule has 37 heavy (non-hydrogen) atoms. The van der Waals surface area contributed by atoms with Crippen LogP contribution in [0.1, 0.15) is 5.56 Å². The fourth-order valence-corrected chi connectivity index (χ4v) is 4.28. The van der Waals surface area contributed by atoms with Crippen LogP contribution in [-0.4, -0.2) is 61.4 Å². The molecule has 2 N–H and O–H groups in total. The summed E-state index contributed by atoms with van der Waals surface area (Å²) in [5.74, 6) is -0.126. The van der Waals surface area contributed by atoms with Gasteiger partial charge >= 0.3 is 5.97 Å². The van der Waals surface area contributed by atoms with E-state index in [4.69, 9.17) is 18.9 Å².